The zero-order valence-electron chi connectivity index (χ0n) is 13.2. The summed E-state index contributed by atoms with van der Waals surface area (Å²) >= 11 is 1.40. The average Bonchev–Trinajstić information content (AvgIpc) is 3.32. The summed E-state index contributed by atoms with van der Waals surface area (Å²) in [6.45, 7) is 0.296. The third-order valence-corrected chi connectivity index (χ3v) is 6.26. The number of aliphatic carboxylic acids is 1. The van der Waals surface area contributed by atoms with Crippen LogP contribution in [-0.4, -0.2) is 47.3 Å². The average molecular weight is 358 g/mol. The Bertz CT molecular complexity index is 954. The number of nitrogens with zero attached hydrogens (tertiary/aromatic N) is 2. The van der Waals surface area contributed by atoms with Crippen LogP contribution in [0.15, 0.2) is 30.4 Å². The standard InChI is InChI=1S/C17H14N2O5S/c1-23-8-2-3-11-9(6-8)18-16(25-11)19-7-17-5-4-10(24-17)12(15(21)22)13(17)14(19)20/h2-6,10,12-13H,7H2,1H3,(H,21,22)/t10-,12+,13-,17+/m0/s1. The molecule has 1 aromatic heterocycles. The zero-order chi connectivity index (χ0) is 17.3. The lowest BCUT2D eigenvalue weighted by atomic mass is 9.77. The van der Waals surface area contributed by atoms with Crippen molar-refractivity contribution in [2.24, 2.45) is 11.8 Å². The lowest BCUT2D eigenvalue weighted by molar-refractivity contribution is -0.146. The van der Waals surface area contributed by atoms with Crippen molar-refractivity contribution in [1.29, 1.82) is 0 Å². The van der Waals surface area contributed by atoms with Crippen molar-refractivity contribution in [2.45, 2.75) is 11.7 Å². The molecule has 2 saturated heterocycles. The lowest BCUT2D eigenvalue weighted by Gasteiger charge is -2.21. The third kappa shape index (κ3) is 1.86. The molecule has 8 heteroatoms. The Morgan fingerprint density at radius 2 is 2.36 bits per heavy atom. The van der Waals surface area contributed by atoms with Crippen LogP contribution in [0.3, 0.4) is 0 Å². The van der Waals surface area contributed by atoms with Gasteiger partial charge in [-0.25, -0.2) is 4.98 Å². The number of benzene rings is 1. The molecule has 5 rings (SSSR count). The van der Waals surface area contributed by atoms with Gasteiger partial charge in [0, 0.05) is 6.07 Å². The summed E-state index contributed by atoms with van der Waals surface area (Å²) < 4.78 is 12.0. The molecular formula is C17H14N2O5S. The van der Waals surface area contributed by atoms with E-state index in [0.29, 0.717) is 17.4 Å². The van der Waals surface area contributed by atoms with Crippen LogP contribution in [0.4, 0.5) is 5.13 Å². The minimum atomic E-state index is -0.995. The number of amides is 1. The summed E-state index contributed by atoms with van der Waals surface area (Å²) in [4.78, 5) is 30.7. The van der Waals surface area contributed by atoms with Crippen LogP contribution in [0.5, 0.6) is 5.75 Å². The number of rotatable bonds is 3. The number of anilines is 1. The smallest absolute Gasteiger partial charge is 0.310 e. The van der Waals surface area contributed by atoms with E-state index in [1.165, 1.54) is 11.3 Å². The molecule has 0 saturated carbocycles. The van der Waals surface area contributed by atoms with Gasteiger partial charge in [-0.2, -0.15) is 0 Å². The van der Waals surface area contributed by atoms with Crippen LogP contribution in [0.25, 0.3) is 10.2 Å². The molecule has 1 spiro atoms. The number of fused-ring (bicyclic) bond motifs is 2. The van der Waals surface area contributed by atoms with Gasteiger partial charge in [-0.15, -0.1) is 0 Å². The third-order valence-electron chi connectivity index (χ3n) is 5.20. The fraction of sp³-hybridized carbons (Fsp3) is 0.353. The van der Waals surface area contributed by atoms with Gasteiger partial charge < -0.3 is 14.6 Å². The van der Waals surface area contributed by atoms with Gasteiger partial charge in [0.1, 0.15) is 17.3 Å². The monoisotopic (exact) mass is 358 g/mol. The van der Waals surface area contributed by atoms with E-state index in [4.69, 9.17) is 9.47 Å². The number of hydrogen-bond donors (Lipinski definition) is 1. The van der Waals surface area contributed by atoms with Crippen LogP contribution in [0, 0.1) is 11.8 Å². The van der Waals surface area contributed by atoms with E-state index in [1.54, 1.807) is 18.1 Å². The molecule has 1 amide bonds. The van der Waals surface area contributed by atoms with Gasteiger partial charge in [0.05, 0.1) is 35.9 Å². The number of carbonyl (C=O) groups excluding carboxylic acids is 1. The molecule has 1 aromatic carbocycles. The molecule has 4 heterocycles. The number of carboxylic acids is 1. The van der Waals surface area contributed by atoms with Crippen LogP contribution >= 0.6 is 11.3 Å². The summed E-state index contributed by atoms with van der Waals surface area (Å²) in [7, 11) is 1.59. The summed E-state index contributed by atoms with van der Waals surface area (Å²) in [5.74, 6) is -2.06. The fourth-order valence-corrected chi connectivity index (χ4v) is 5.03. The van der Waals surface area contributed by atoms with Crippen LogP contribution in [0.2, 0.25) is 0 Å². The first-order valence-corrected chi connectivity index (χ1v) is 8.70. The largest absolute Gasteiger partial charge is 0.497 e. The summed E-state index contributed by atoms with van der Waals surface area (Å²) in [6, 6.07) is 5.56. The lowest BCUT2D eigenvalue weighted by Crippen LogP contribution is -2.39. The van der Waals surface area contributed by atoms with E-state index in [0.717, 1.165) is 10.2 Å². The van der Waals surface area contributed by atoms with E-state index in [1.807, 2.05) is 24.3 Å². The van der Waals surface area contributed by atoms with Gasteiger partial charge in [0.15, 0.2) is 5.13 Å². The number of carboxylic acid groups (broad SMARTS) is 1. The number of hydrogen-bond acceptors (Lipinski definition) is 6. The number of methoxy groups -OCH3 is 1. The molecule has 25 heavy (non-hydrogen) atoms. The number of aromatic nitrogens is 1. The molecular weight excluding hydrogens is 344 g/mol. The first kappa shape index (κ1) is 14.9. The first-order chi connectivity index (χ1) is 12.0. The topological polar surface area (TPSA) is 89.0 Å². The van der Waals surface area contributed by atoms with Gasteiger partial charge in [-0.05, 0) is 12.1 Å². The van der Waals surface area contributed by atoms with Gasteiger partial charge in [-0.3, -0.25) is 14.5 Å². The predicted molar refractivity (Wildman–Crippen MR) is 89.9 cm³/mol. The second-order valence-corrected chi connectivity index (χ2v) is 7.50. The van der Waals surface area contributed by atoms with Crippen LogP contribution in [0.1, 0.15) is 0 Å². The molecule has 1 N–H and O–H groups in total. The van der Waals surface area contributed by atoms with E-state index in [9.17, 15) is 14.7 Å². The second-order valence-electron chi connectivity index (χ2n) is 6.49. The Hall–Kier alpha value is -2.45. The summed E-state index contributed by atoms with van der Waals surface area (Å²) in [5, 5.41) is 10.1. The van der Waals surface area contributed by atoms with Crippen molar-refractivity contribution >= 4 is 38.6 Å². The number of thiazole rings is 1. The molecule has 4 atom stereocenters. The van der Waals surface area contributed by atoms with Crippen molar-refractivity contribution in [3.05, 3.63) is 30.4 Å². The molecule has 2 fully saturated rings. The van der Waals surface area contributed by atoms with Crippen LogP contribution in [-0.2, 0) is 14.3 Å². The quantitative estimate of drug-likeness (QED) is 0.840. The highest BCUT2D eigenvalue weighted by atomic mass is 32.1. The Labute approximate surface area is 146 Å². The fourth-order valence-electron chi connectivity index (χ4n) is 4.08. The molecule has 7 nitrogen and oxygen atoms in total. The zero-order valence-corrected chi connectivity index (χ0v) is 14.0. The Morgan fingerprint density at radius 3 is 3.12 bits per heavy atom. The maximum absolute atomic E-state index is 13.0. The van der Waals surface area contributed by atoms with Gasteiger partial charge in [0.2, 0.25) is 5.91 Å². The van der Waals surface area contributed by atoms with E-state index < -0.39 is 29.5 Å². The molecule has 128 valence electrons. The Morgan fingerprint density at radius 1 is 1.52 bits per heavy atom. The Balaban J connectivity index is 1.55. The number of carbonyl (C=O) groups is 2. The van der Waals surface area contributed by atoms with Crippen molar-refractivity contribution in [2.75, 3.05) is 18.6 Å². The molecule has 2 aromatic rings. The second kappa shape index (κ2) is 4.80. The Kier molecular flexibility index (Phi) is 2.85. The molecule has 2 bridgehead atoms. The highest BCUT2D eigenvalue weighted by molar-refractivity contribution is 7.22. The molecule has 0 aliphatic carbocycles. The molecule has 0 unspecified atom stereocenters. The maximum atomic E-state index is 13.0. The SMILES string of the molecule is COc1ccc2sc(N3C[C@@]45C=C[C@H](O4)[C@@H](C(=O)O)[C@H]5C3=O)nc2c1. The molecule has 3 aliphatic rings. The first-order valence-electron chi connectivity index (χ1n) is 7.88. The normalized spacial score (nSPS) is 32.6. The predicted octanol–water partition coefficient (Wildman–Crippen LogP) is 1.68. The maximum Gasteiger partial charge on any atom is 0.310 e. The van der Waals surface area contributed by atoms with E-state index >= 15 is 0 Å². The van der Waals surface area contributed by atoms with Gasteiger partial charge in [-0.1, -0.05) is 23.5 Å². The van der Waals surface area contributed by atoms with Crippen LogP contribution < -0.4 is 9.64 Å². The van der Waals surface area contributed by atoms with E-state index in [2.05, 4.69) is 4.98 Å². The van der Waals surface area contributed by atoms with Gasteiger partial charge >= 0.3 is 5.97 Å². The minimum absolute atomic E-state index is 0.231. The summed E-state index contributed by atoms with van der Waals surface area (Å²) in [5.41, 5.74) is -0.0994. The van der Waals surface area contributed by atoms with Gasteiger partial charge in [0.25, 0.3) is 0 Å². The number of ether oxygens (including phenoxy) is 2. The summed E-state index contributed by atoms with van der Waals surface area (Å²) in [6.07, 6.45) is 3.08. The minimum Gasteiger partial charge on any atom is -0.497 e. The molecule has 3 aliphatic heterocycles. The molecule has 0 radical (unpaired) electrons. The highest BCUT2D eigenvalue weighted by Crippen LogP contribution is 2.53. The van der Waals surface area contributed by atoms with Crippen molar-refractivity contribution in [3.63, 3.8) is 0 Å². The van der Waals surface area contributed by atoms with E-state index in [-0.39, 0.29) is 5.91 Å². The van der Waals surface area contributed by atoms with Crippen molar-refractivity contribution in [3.8, 4) is 5.75 Å². The van der Waals surface area contributed by atoms with Crippen molar-refractivity contribution in [1.82, 2.24) is 4.98 Å². The van der Waals surface area contributed by atoms with Crippen molar-refractivity contribution < 1.29 is 24.2 Å². The highest BCUT2D eigenvalue weighted by Gasteiger charge is 2.67.